The van der Waals surface area contributed by atoms with Gasteiger partial charge >= 0.3 is 11.8 Å². The first-order chi connectivity index (χ1) is 15.2. The Labute approximate surface area is 191 Å². The molecule has 2 N–H and O–H groups in total. The zero-order chi connectivity index (χ0) is 23.4. The van der Waals surface area contributed by atoms with Crippen LogP contribution in [0, 0.1) is 17.0 Å². The number of carboxylic acid groups (broad SMARTS) is 1. The van der Waals surface area contributed by atoms with Crippen LogP contribution in [0.3, 0.4) is 0 Å². The van der Waals surface area contributed by atoms with E-state index in [4.69, 9.17) is 27.9 Å². The highest BCUT2D eigenvalue weighted by atomic mass is 35.5. The lowest BCUT2D eigenvalue weighted by Crippen LogP contribution is -2.16. The number of imidazole rings is 1. The molecule has 0 aliphatic carbocycles. The average Bonchev–Trinajstić information content (AvgIpc) is 3.09. The third-order valence-corrected chi connectivity index (χ3v) is 5.00. The number of aromatic nitrogens is 2. The van der Waals surface area contributed by atoms with Crippen LogP contribution >= 0.6 is 23.2 Å². The van der Waals surface area contributed by atoms with E-state index >= 15 is 0 Å². The smallest absolute Gasteiger partial charge is 0.342 e. The van der Waals surface area contributed by atoms with Crippen LogP contribution in [-0.4, -0.2) is 38.1 Å². The molecule has 0 spiro atoms. The molecule has 0 aliphatic heterocycles. The van der Waals surface area contributed by atoms with Gasteiger partial charge in [-0.1, -0.05) is 23.2 Å². The molecule has 32 heavy (non-hydrogen) atoms. The van der Waals surface area contributed by atoms with Crippen molar-refractivity contribution in [3.8, 4) is 5.75 Å². The first-order valence-corrected chi connectivity index (χ1v) is 9.86. The number of carboxylic acids is 1. The predicted molar refractivity (Wildman–Crippen MR) is 117 cm³/mol. The van der Waals surface area contributed by atoms with Gasteiger partial charge < -0.3 is 25.3 Å². The molecule has 0 fully saturated rings. The fraction of sp³-hybridized carbons (Fsp3) is 0.150. The number of benzene rings is 2. The second-order valence-electron chi connectivity index (χ2n) is 6.51. The van der Waals surface area contributed by atoms with Crippen molar-refractivity contribution in [2.75, 3.05) is 11.9 Å². The summed E-state index contributed by atoms with van der Waals surface area (Å²) in [6.45, 7) is 1.79. The van der Waals surface area contributed by atoms with Crippen LogP contribution in [0.1, 0.15) is 26.5 Å². The highest BCUT2D eigenvalue weighted by Crippen LogP contribution is 2.26. The molecule has 166 valence electrons. The van der Waals surface area contributed by atoms with E-state index in [1.54, 1.807) is 6.92 Å². The Hall–Kier alpha value is -3.63. The predicted octanol–water partition coefficient (Wildman–Crippen LogP) is 4.44. The van der Waals surface area contributed by atoms with Crippen LogP contribution in [0.2, 0.25) is 10.0 Å². The van der Waals surface area contributed by atoms with Crippen molar-refractivity contribution in [2.24, 2.45) is 0 Å². The zero-order valence-corrected chi connectivity index (χ0v) is 18.1. The van der Waals surface area contributed by atoms with E-state index < -0.39 is 16.8 Å². The second kappa shape index (κ2) is 9.67. The molecule has 1 heterocycles. The van der Waals surface area contributed by atoms with Gasteiger partial charge in [0, 0.05) is 11.9 Å². The summed E-state index contributed by atoms with van der Waals surface area (Å²) < 4.78 is 6.93. The van der Waals surface area contributed by atoms with Crippen molar-refractivity contribution in [3.05, 3.63) is 79.7 Å². The number of aromatic carboxylic acids is 1. The molecule has 0 saturated carbocycles. The number of hydrogen-bond acceptors (Lipinski definition) is 6. The van der Waals surface area contributed by atoms with Gasteiger partial charge in [0.05, 0.1) is 21.8 Å². The van der Waals surface area contributed by atoms with Crippen LogP contribution in [-0.2, 0) is 6.54 Å². The van der Waals surface area contributed by atoms with Crippen molar-refractivity contribution in [1.82, 2.24) is 9.55 Å². The maximum atomic E-state index is 12.5. The monoisotopic (exact) mass is 478 g/mol. The summed E-state index contributed by atoms with van der Waals surface area (Å²) in [5.41, 5.74) is -0.0299. The highest BCUT2D eigenvalue weighted by Gasteiger charge is 2.19. The lowest BCUT2D eigenvalue weighted by atomic mass is 10.1. The lowest BCUT2D eigenvalue weighted by molar-refractivity contribution is -0.392. The fourth-order valence-corrected chi connectivity index (χ4v) is 3.39. The summed E-state index contributed by atoms with van der Waals surface area (Å²) in [7, 11) is 0. The minimum atomic E-state index is -1.28. The van der Waals surface area contributed by atoms with E-state index in [-0.39, 0.29) is 46.6 Å². The van der Waals surface area contributed by atoms with Crippen molar-refractivity contribution >= 4 is 46.6 Å². The Balaban J connectivity index is 1.73. The number of nitrogens with zero attached hydrogens (tertiary/aromatic N) is 3. The Morgan fingerprint density at radius 3 is 2.62 bits per heavy atom. The van der Waals surface area contributed by atoms with Crippen LogP contribution in [0.4, 0.5) is 11.5 Å². The molecule has 3 rings (SSSR count). The maximum Gasteiger partial charge on any atom is 0.342 e. The number of nitro groups is 1. The first kappa shape index (κ1) is 23.0. The number of ether oxygens (including phenoxy) is 1. The van der Waals surface area contributed by atoms with Crippen LogP contribution in [0.25, 0.3) is 0 Å². The molecule has 0 unspecified atom stereocenters. The molecule has 12 heteroatoms. The van der Waals surface area contributed by atoms with Crippen molar-refractivity contribution in [1.29, 1.82) is 0 Å². The molecular weight excluding hydrogens is 463 g/mol. The molecule has 0 radical (unpaired) electrons. The molecular formula is C20H16Cl2N4O6. The summed E-state index contributed by atoms with van der Waals surface area (Å²) in [4.78, 5) is 38.6. The molecule has 0 saturated heterocycles. The Bertz CT molecular complexity index is 1210. The molecule has 10 nitrogen and oxygen atoms in total. The molecule has 2 aromatic carbocycles. The summed E-state index contributed by atoms with van der Waals surface area (Å²) in [6.07, 6.45) is 1.16. The minimum absolute atomic E-state index is 0.0309. The molecule has 0 bridgehead atoms. The largest absolute Gasteiger partial charge is 0.489 e. The number of carbonyl (C=O) groups is 2. The van der Waals surface area contributed by atoms with Gasteiger partial charge in [-0.3, -0.25) is 4.79 Å². The third-order valence-electron chi connectivity index (χ3n) is 4.45. The Kier molecular flexibility index (Phi) is 6.96. The van der Waals surface area contributed by atoms with Gasteiger partial charge in [-0.15, -0.1) is 0 Å². The molecule has 1 aromatic heterocycles. The molecule has 1 amide bonds. The minimum Gasteiger partial charge on any atom is -0.489 e. The van der Waals surface area contributed by atoms with Gasteiger partial charge in [-0.2, -0.15) is 0 Å². The van der Waals surface area contributed by atoms with E-state index in [1.165, 1.54) is 41.0 Å². The van der Waals surface area contributed by atoms with Crippen LogP contribution < -0.4 is 10.1 Å². The van der Waals surface area contributed by atoms with E-state index in [1.807, 2.05) is 0 Å². The number of nitrogens with one attached hydrogen (secondary N) is 1. The normalized spacial score (nSPS) is 10.6. The lowest BCUT2D eigenvalue weighted by Gasteiger charge is -2.12. The number of hydrogen-bond donors (Lipinski definition) is 2. The Morgan fingerprint density at radius 2 is 1.97 bits per heavy atom. The fourth-order valence-electron chi connectivity index (χ4n) is 2.90. The van der Waals surface area contributed by atoms with E-state index in [2.05, 4.69) is 10.3 Å². The molecule has 0 aliphatic rings. The topological polar surface area (TPSA) is 137 Å². The summed E-state index contributed by atoms with van der Waals surface area (Å²) in [6, 6.07) is 8.42. The summed E-state index contributed by atoms with van der Waals surface area (Å²) in [5, 5.41) is 23.6. The summed E-state index contributed by atoms with van der Waals surface area (Å²) in [5.74, 6) is -1.40. The molecule has 3 aromatic rings. The number of halogens is 2. The van der Waals surface area contributed by atoms with Crippen molar-refractivity contribution in [3.63, 3.8) is 0 Å². The van der Waals surface area contributed by atoms with E-state index in [9.17, 15) is 24.8 Å². The highest BCUT2D eigenvalue weighted by molar-refractivity contribution is 6.37. The standard InChI is InChI=1S/C20H16Cl2N4O6/c1-11-23-10-18(26(30)31)25(11)6-7-32-13-3-5-17(15(9-13)20(28)29)24-19(27)14-4-2-12(21)8-16(14)22/h2-5,8-10H,6-7H2,1H3,(H,24,27)(H,28,29). The van der Waals surface area contributed by atoms with Gasteiger partial charge in [0.2, 0.25) is 0 Å². The van der Waals surface area contributed by atoms with Gasteiger partial charge in [0.1, 0.15) is 25.1 Å². The first-order valence-electron chi connectivity index (χ1n) is 9.10. The zero-order valence-electron chi connectivity index (χ0n) is 16.5. The SMILES string of the molecule is Cc1ncc([N+](=O)[O-])n1CCOc1ccc(NC(=O)c2ccc(Cl)cc2Cl)c(C(=O)O)c1. The van der Waals surface area contributed by atoms with Gasteiger partial charge in [0.15, 0.2) is 5.82 Å². The average molecular weight is 479 g/mol. The van der Waals surface area contributed by atoms with Gasteiger partial charge in [-0.25, -0.2) is 14.3 Å². The van der Waals surface area contributed by atoms with Gasteiger partial charge in [0.25, 0.3) is 5.91 Å². The van der Waals surface area contributed by atoms with Crippen LogP contribution in [0.5, 0.6) is 5.75 Å². The van der Waals surface area contributed by atoms with Crippen molar-refractivity contribution in [2.45, 2.75) is 13.5 Å². The maximum absolute atomic E-state index is 12.5. The number of carbonyl (C=O) groups excluding carboxylic acids is 1. The molecule has 0 atom stereocenters. The quantitative estimate of drug-likeness (QED) is 0.360. The van der Waals surface area contributed by atoms with E-state index in [0.717, 1.165) is 6.20 Å². The number of anilines is 1. The Morgan fingerprint density at radius 1 is 1.22 bits per heavy atom. The number of aryl methyl sites for hydroxylation is 1. The van der Waals surface area contributed by atoms with Gasteiger partial charge in [-0.05, 0) is 41.3 Å². The van der Waals surface area contributed by atoms with Crippen molar-refractivity contribution < 1.29 is 24.4 Å². The second-order valence-corrected chi connectivity index (χ2v) is 7.36. The van der Waals surface area contributed by atoms with Crippen LogP contribution in [0.15, 0.2) is 42.6 Å². The summed E-state index contributed by atoms with van der Waals surface area (Å²) >= 11 is 11.9. The van der Waals surface area contributed by atoms with E-state index in [0.29, 0.717) is 10.8 Å². The number of amides is 1. The third kappa shape index (κ3) is 5.16. The number of rotatable bonds is 8.